The predicted octanol–water partition coefficient (Wildman–Crippen LogP) is 2.74. The average Bonchev–Trinajstić information content (AvgIpc) is 2.83. The van der Waals surface area contributed by atoms with Crippen molar-refractivity contribution < 1.29 is 4.74 Å². The van der Waals surface area contributed by atoms with Crippen LogP contribution in [0.25, 0.3) is 0 Å². The number of hydrogen-bond acceptors (Lipinski definition) is 2. The van der Waals surface area contributed by atoms with E-state index in [2.05, 4.69) is 29.6 Å². The average molecular weight is 219 g/mol. The van der Waals surface area contributed by atoms with Crippen molar-refractivity contribution in [3.8, 4) is 0 Å². The first-order chi connectivity index (χ1) is 7.95. The molecule has 2 heteroatoms. The molecule has 0 saturated carbocycles. The highest BCUT2D eigenvalue weighted by molar-refractivity contribution is 5.13. The van der Waals surface area contributed by atoms with Crippen LogP contribution in [0.1, 0.15) is 31.2 Å². The Kier molecular flexibility index (Phi) is 4.84. The highest BCUT2D eigenvalue weighted by Crippen LogP contribution is 2.10. The van der Waals surface area contributed by atoms with E-state index in [-0.39, 0.29) is 0 Å². The summed E-state index contributed by atoms with van der Waals surface area (Å²) >= 11 is 0. The minimum Gasteiger partial charge on any atom is -0.377 e. The molecule has 0 aromatic heterocycles. The molecule has 1 atom stereocenters. The van der Waals surface area contributed by atoms with Crippen LogP contribution in [0.3, 0.4) is 0 Å². The van der Waals surface area contributed by atoms with Gasteiger partial charge in [0, 0.05) is 12.6 Å². The molecule has 1 aliphatic heterocycles. The van der Waals surface area contributed by atoms with Crippen LogP contribution in [0.2, 0.25) is 0 Å². The third kappa shape index (κ3) is 3.95. The van der Waals surface area contributed by atoms with E-state index < -0.39 is 0 Å². The second-order valence-electron chi connectivity index (χ2n) is 4.47. The van der Waals surface area contributed by atoms with E-state index in [1.807, 2.05) is 6.07 Å². The molecule has 1 aliphatic rings. The molecular weight excluding hydrogens is 198 g/mol. The van der Waals surface area contributed by atoms with Crippen LogP contribution in [-0.2, 0) is 11.3 Å². The maximum atomic E-state index is 5.65. The topological polar surface area (TPSA) is 21.3 Å². The maximum Gasteiger partial charge on any atom is 0.0716 e. The summed E-state index contributed by atoms with van der Waals surface area (Å²) in [5.41, 5.74) is 1.27. The summed E-state index contributed by atoms with van der Waals surface area (Å²) in [6.45, 7) is 2.83. The van der Waals surface area contributed by atoms with Crippen molar-refractivity contribution in [3.63, 3.8) is 0 Å². The lowest BCUT2D eigenvalue weighted by atomic mass is 10.1. The second-order valence-corrected chi connectivity index (χ2v) is 4.47. The molecule has 1 saturated heterocycles. The van der Waals surface area contributed by atoms with Gasteiger partial charge in [0.05, 0.1) is 6.61 Å². The van der Waals surface area contributed by atoms with Gasteiger partial charge >= 0.3 is 0 Å². The standard InChI is InChI=1S/C14H21NO/c1-2-6-13(7-3-1)12-16-11-5-9-14-8-4-10-15-14/h1-3,6-7,14-15H,4-5,8-12H2. The van der Waals surface area contributed by atoms with Crippen molar-refractivity contribution >= 4 is 0 Å². The number of hydrogen-bond donors (Lipinski definition) is 1. The normalized spacial score (nSPS) is 20.1. The van der Waals surface area contributed by atoms with E-state index >= 15 is 0 Å². The van der Waals surface area contributed by atoms with Gasteiger partial charge in [0.2, 0.25) is 0 Å². The van der Waals surface area contributed by atoms with Gasteiger partial charge < -0.3 is 10.1 Å². The van der Waals surface area contributed by atoms with Crippen molar-refractivity contribution in [1.82, 2.24) is 5.32 Å². The summed E-state index contributed by atoms with van der Waals surface area (Å²) < 4.78 is 5.65. The molecule has 1 aromatic rings. The number of benzene rings is 1. The number of rotatable bonds is 6. The van der Waals surface area contributed by atoms with E-state index in [0.717, 1.165) is 19.3 Å². The Balaban J connectivity index is 1.52. The molecular formula is C14H21NO. The minimum atomic E-state index is 0.749. The summed E-state index contributed by atoms with van der Waals surface area (Å²) in [5, 5.41) is 3.51. The molecule has 1 N–H and O–H groups in total. The lowest BCUT2D eigenvalue weighted by Crippen LogP contribution is -2.21. The zero-order chi connectivity index (χ0) is 11.1. The van der Waals surface area contributed by atoms with Crippen LogP contribution in [0.4, 0.5) is 0 Å². The summed E-state index contributed by atoms with van der Waals surface area (Å²) in [7, 11) is 0. The van der Waals surface area contributed by atoms with Gasteiger partial charge in [-0.1, -0.05) is 30.3 Å². The van der Waals surface area contributed by atoms with Gasteiger partial charge in [-0.15, -0.1) is 0 Å². The van der Waals surface area contributed by atoms with Crippen LogP contribution in [0.5, 0.6) is 0 Å². The fraction of sp³-hybridized carbons (Fsp3) is 0.571. The molecule has 1 fully saturated rings. The lowest BCUT2D eigenvalue weighted by molar-refractivity contribution is 0.115. The Morgan fingerprint density at radius 1 is 1.25 bits per heavy atom. The molecule has 1 unspecified atom stereocenters. The van der Waals surface area contributed by atoms with Crippen LogP contribution >= 0.6 is 0 Å². The van der Waals surface area contributed by atoms with E-state index in [0.29, 0.717) is 0 Å². The van der Waals surface area contributed by atoms with Crippen molar-refractivity contribution in [2.24, 2.45) is 0 Å². The van der Waals surface area contributed by atoms with Gasteiger partial charge in [-0.3, -0.25) is 0 Å². The molecule has 0 radical (unpaired) electrons. The van der Waals surface area contributed by atoms with E-state index in [9.17, 15) is 0 Å². The molecule has 2 nitrogen and oxygen atoms in total. The smallest absolute Gasteiger partial charge is 0.0716 e. The molecule has 0 bridgehead atoms. The van der Waals surface area contributed by atoms with Crippen molar-refractivity contribution in [1.29, 1.82) is 0 Å². The highest BCUT2D eigenvalue weighted by Gasteiger charge is 2.12. The maximum absolute atomic E-state index is 5.65. The molecule has 1 heterocycles. The number of nitrogens with one attached hydrogen (secondary N) is 1. The fourth-order valence-corrected chi connectivity index (χ4v) is 2.20. The molecule has 2 rings (SSSR count). The Bertz CT molecular complexity index is 280. The first kappa shape index (κ1) is 11.6. The fourth-order valence-electron chi connectivity index (χ4n) is 2.20. The molecule has 0 spiro atoms. The zero-order valence-corrected chi connectivity index (χ0v) is 9.82. The summed E-state index contributed by atoms with van der Waals surface area (Å²) in [4.78, 5) is 0. The highest BCUT2D eigenvalue weighted by atomic mass is 16.5. The first-order valence-corrected chi connectivity index (χ1v) is 6.30. The Hall–Kier alpha value is -0.860. The van der Waals surface area contributed by atoms with E-state index in [4.69, 9.17) is 4.74 Å². The van der Waals surface area contributed by atoms with E-state index in [1.54, 1.807) is 0 Å². The third-order valence-electron chi connectivity index (χ3n) is 3.12. The Morgan fingerprint density at radius 3 is 2.88 bits per heavy atom. The van der Waals surface area contributed by atoms with Crippen LogP contribution in [0, 0.1) is 0 Å². The van der Waals surface area contributed by atoms with Crippen LogP contribution in [0.15, 0.2) is 30.3 Å². The Labute approximate surface area is 98.0 Å². The van der Waals surface area contributed by atoms with E-state index in [1.165, 1.54) is 37.8 Å². The summed E-state index contributed by atoms with van der Waals surface area (Å²) in [6.07, 6.45) is 5.12. The molecule has 0 amide bonds. The van der Waals surface area contributed by atoms with Crippen molar-refractivity contribution in [2.75, 3.05) is 13.2 Å². The summed E-state index contributed by atoms with van der Waals surface area (Å²) in [5.74, 6) is 0. The lowest BCUT2D eigenvalue weighted by Gasteiger charge is -2.09. The molecule has 88 valence electrons. The van der Waals surface area contributed by atoms with Gasteiger partial charge in [0.1, 0.15) is 0 Å². The Morgan fingerprint density at radius 2 is 2.12 bits per heavy atom. The molecule has 16 heavy (non-hydrogen) atoms. The van der Waals surface area contributed by atoms with Gasteiger partial charge in [-0.2, -0.15) is 0 Å². The molecule has 0 aliphatic carbocycles. The van der Waals surface area contributed by atoms with Crippen LogP contribution in [-0.4, -0.2) is 19.2 Å². The number of ether oxygens (including phenoxy) is 1. The monoisotopic (exact) mass is 219 g/mol. The SMILES string of the molecule is c1ccc(COCCCC2CCCN2)cc1. The van der Waals surface area contributed by atoms with Gasteiger partial charge in [0.25, 0.3) is 0 Å². The first-order valence-electron chi connectivity index (χ1n) is 6.30. The second kappa shape index (κ2) is 6.66. The van der Waals surface area contributed by atoms with Crippen LogP contribution < -0.4 is 5.32 Å². The molecule has 1 aromatic carbocycles. The third-order valence-corrected chi connectivity index (χ3v) is 3.12. The van der Waals surface area contributed by atoms with Gasteiger partial charge in [-0.05, 0) is 37.8 Å². The predicted molar refractivity (Wildman–Crippen MR) is 66.4 cm³/mol. The van der Waals surface area contributed by atoms with Crippen molar-refractivity contribution in [3.05, 3.63) is 35.9 Å². The minimum absolute atomic E-state index is 0.749. The zero-order valence-electron chi connectivity index (χ0n) is 9.82. The van der Waals surface area contributed by atoms with Crippen molar-refractivity contribution in [2.45, 2.75) is 38.3 Å². The quantitative estimate of drug-likeness (QED) is 0.743. The van der Waals surface area contributed by atoms with Gasteiger partial charge in [0.15, 0.2) is 0 Å². The summed E-state index contributed by atoms with van der Waals surface area (Å²) in [6, 6.07) is 11.1. The largest absolute Gasteiger partial charge is 0.377 e. The van der Waals surface area contributed by atoms with Gasteiger partial charge in [-0.25, -0.2) is 0 Å².